The predicted molar refractivity (Wildman–Crippen MR) is 116 cm³/mol. The fourth-order valence-electron chi connectivity index (χ4n) is 4.10. The van der Waals surface area contributed by atoms with E-state index in [1.807, 2.05) is 42.6 Å². The van der Waals surface area contributed by atoms with Crippen LogP contribution in [0.25, 0.3) is 49.6 Å². The van der Waals surface area contributed by atoms with E-state index in [4.69, 9.17) is 9.40 Å². The lowest BCUT2D eigenvalue weighted by Gasteiger charge is -2.07. The van der Waals surface area contributed by atoms with E-state index in [9.17, 15) is 5.11 Å². The first-order chi connectivity index (χ1) is 13.7. The van der Waals surface area contributed by atoms with Gasteiger partial charge in [-0.1, -0.05) is 35.8 Å². The molecule has 6 aromatic rings. The number of furan rings is 1. The number of aromatic hydroxyl groups is 1. The lowest BCUT2D eigenvalue weighted by atomic mass is 9.94. The van der Waals surface area contributed by atoms with Crippen molar-refractivity contribution in [3.63, 3.8) is 0 Å². The third kappa shape index (κ3) is 2.04. The van der Waals surface area contributed by atoms with Gasteiger partial charge in [0.15, 0.2) is 0 Å². The van der Waals surface area contributed by atoms with E-state index in [1.165, 1.54) is 5.46 Å². The number of rotatable bonds is 1. The minimum Gasteiger partial charge on any atom is -0.508 e. The van der Waals surface area contributed by atoms with Crippen LogP contribution < -0.4 is 5.46 Å². The van der Waals surface area contributed by atoms with Gasteiger partial charge in [-0.05, 0) is 24.3 Å². The van der Waals surface area contributed by atoms with E-state index < -0.39 is 0 Å². The molecule has 0 spiro atoms. The number of aromatic nitrogens is 2. The number of phenolic OH excluding ortho intramolecular Hbond substituents is 1. The second-order valence-electron chi connectivity index (χ2n) is 7.19. The minimum absolute atomic E-state index is 0.234. The molecule has 3 heterocycles. The Morgan fingerprint density at radius 2 is 1.68 bits per heavy atom. The first kappa shape index (κ1) is 15.3. The predicted octanol–water partition coefficient (Wildman–Crippen LogP) is 4.04. The highest BCUT2D eigenvalue weighted by atomic mass is 16.3. The Bertz CT molecular complexity index is 1550. The monoisotopic (exact) mass is 362 g/mol. The molecular weight excluding hydrogens is 347 g/mol. The van der Waals surface area contributed by atoms with Crippen molar-refractivity contribution in [2.24, 2.45) is 0 Å². The second kappa shape index (κ2) is 5.39. The molecule has 0 aliphatic heterocycles. The molecule has 0 radical (unpaired) electrons. The molecule has 0 bridgehead atoms. The number of fused-ring (bicyclic) bond motifs is 6. The smallest absolute Gasteiger partial charge is 0.141 e. The first-order valence-corrected chi connectivity index (χ1v) is 9.20. The molecule has 4 nitrogen and oxygen atoms in total. The Labute approximate surface area is 161 Å². The molecular formula is C23H15BN2O2. The lowest BCUT2D eigenvalue weighted by molar-refractivity contribution is 0.476. The number of phenols is 1. The summed E-state index contributed by atoms with van der Waals surface area (Å²) in [4.78, 5) is 4.75. The van der Waals surface area contributed by atoms with E-state index >= 15 is 0 Å². The molecule has 0 fully saturated rings. The zero-order valence-corrected chi connectivity index (χ0v) is 15.2. The van der Waals surface area contributed by atoms with Crippen LogP contribution >= 0.6 is 0 Å². The number of hydrogen-bond donors (Lipinski definition) is 1. The molecule has 3 aromatic heterocycles. The number of pyridine rings is 1. The van der Waals surface area contributed by atoms with Crippen molar-refractivity contribution in [3.8, 4) is 11.6 Å². The summed E-state index contributed by atoms with van der Waals surface area (Å²) in [5, 5.41) is 14.4. The van der Waals surface area contributed by atoms with Gasteiger partial charge in [-0.3, -0.25) is 4.57 Å². The normalized spacial score (nSPS) is 11.9. The summed E-state index contributed by atoms with van der Waals surface area (Å²) in [5.74, 6) is 0.999. The fraction of sp³-hybridized carbons (Fsp3) is 0. The number of nitrogens with zero attached hydrogens (tertiary/aromatic N) is 2. The summed E-state index contributed by atoms with van der Waals surface area (Å²) < 4.78 is 8.14. The van der Waals surface area contributed by atoms with Crippen molar-refractivity contribution in [2.75, 3.05) is 0 Å². The molecule has 0 atom stereocenters. The highest BCUT2D eigenvalue weighted by molar-refractivity contribution is 6.34. The van der Waals surface area contributed by atoms with E-state index in [0.717, 1.165) is 49.6 Å². The maximum atomic E-state index is 10.1. The molecule has 1 N–H and O–H groups in total. The summed E-state index contributed by atoms with van der Waals surface area (Å²) in [6.07, 6.45) is 1.87. The highest BCUT2D eigenvalue weighted by Crippen LogP contribution is 2.35. The topological polar surface area (TPSA) is 51.2 Å². The van der Waals surface area contributed by atoms with Gasteiger partial charge in [0.05, 0.1) is 11.0 Å². The number of para-hydroxylation sites is 1. The Kier molecular flexibility index (Phi) is 2.96. The van der Waals surface area contributed by atoms with Gasteiger partial charge in [-0.15, -0.1) is 0 Å². The molecule has 0 unspecified atom stereocenters. The van der Waals surface area contributed by atoms with Crippen LogP contribution in [0.15, 0.2) is 77.3 Å². The minimum atomic E-state index is 0.234. The third-order valence-corrected chi connectivity index (χ3v) is 5.38. The van der Waals surface area contributed by atoms with Crippen molar-refractivity contribution >= 4 is 57.1 Å². The molecule has 132 valence electrons. The van der Waals surface area contributed by atoms with Crippen LogP contribution in [0, 0.1) is 0 Å². The Balaban J connectivity index is 1.73. The third-order valence-electron chi connectivity index (χ3n) is 5.38. The molecule has 0 amide bonds. The molecule has 0 aliphatic rings. The summed E-state index contributed by atoms with van der Waals surface area (Å²) in [7, 11) is 2.09. The fourth-order valence-corrected chi connectivity index (χ4v) is 4.10. The SMILES string of the molecule is Bc1ccc2c(c1)c1ccc(O)cc1n2-c1cc2oc3ccccc3c2cn1. The lowest BCUT2D eigenvalue weighted by Crippen LogP contribution is -2.01. The van der Waals surface area contributed by atoms with Crippen LogP contribution in [0.4, 0.5) is 0 Å². The van der Waals surface area contributed by atoms with E-state index in [0.29, 0.717) is 0 Å². The molecule has 0 saturated carbocycles. The van der Waals surface area contributed by atoms with Gasteiger partial charge < -0.3 is 9.52 Å². The van der Waals surface area contributed by atoms with Crippen LogP contribution in [0.1, 0.15) is 0 Å². The second-order valence-corrected chi connectivity index (χ2v) is 7.19. The van der Waals surface area contributed by atoms with Crippen LogP contribution in [0.5, 0.6) is 5.75 Å². The largest absolute Gasteiger partial charge is 0.508 e. The zero-order valence-electron chi connectivity index (χ0n) is 15.2. The van der Waals surface area contributed by atoms with Crippen molar-refractivity contribution in [3.05, 3.63) is 72.9 Å². The molecule has 0 aliphatic carbocycles. The van der Waals surface area contributed by atoms with Crippen LogP contribution in [0.3, 0.4) is 0 Å². The standard InChI is InChI=1S/C23H15BN2O2/c24-13-5-8-19-17(9-13)15-7-6-14(27)10-20(15)26(19)23-11-22-18(12-25-23)16-3-1-2-4-21(16)28-22/h1-12,27H,24H2. The molecule has 28 heavy (non-hydrogen) atoms. The van der Waals surface area contributed by atoms with Crippen molar-refractivity contribution in [1.82, 2.24) is 9.55 Å². The van der Waals surface area contributed by atoms with Gasteiger partial charge in [-0.2, -0.15) is 0 Å². The first-order valence-electron chi connectivity index (χ1n) is 9.20. The van der Waals surface area contributed by atoms with Crippen molar-refractivity contribution < 1.29 is 9.52 Å². The van der Waals surface area contributed by atoms with Gasteiger partial charge in [0.25, 0.3) is 0 Å². The molecule has 6 rings (SSSR count). The van der Waals surface area contributed by atoms with E-state index in [-0.39, 0.29) is 5.75 Å². The summed E-state index contributed by atoms with van der Waals surface area (Å²) in [6, 6.07) is 21.8. The molecule has 0 saturated heterocycles. The summed E-state index contributed by atoms with van der Waals surface area (Å²) in [5.41, 5.74) is 4.82. The average molecular weight is 362 g/mol. The van der Waals surface area contributed by atoms with Crippen LogP contribution in [-0.2, 0) is 0 Å². The van der Waals surface area contributed by atoms with Gasteiger partial charge in [-0.25, -0.2) is 4.98 Å². The van der Waals surface area contributed by atoms with Crippen LogP contribution in [-0.4, -0.2) is 22.5 Å². The Morgan fingerprint density at radius 3 is 2.61 bits per heavy atom. The van der Waals surface area contributed by atoms with Gasteiger partial charge in [0, 0.05) is 39.9 Å². The van der Waals surface area contributed by atoms with E-state index in [1.54, 1.807) is 12.1 Å². The highest BCUT2D eigenvalue weighted by Gasteiger charge is 2.15. The zero-order chi connectivity index (χ0) is 18.8. The maximum absolute atomic E-state index is 10.1. The molecule has 5 heteroatoms. The quantitative estimate of drug-likeness (QED) is 0.449. The average Bonchev–Trinajstić information content (AvgIpc) is 3.22. The van der Waals surface area contributed by atoms with Gasteiger partial charge in [0.1, 0.15) is 30.6 Å². The van der Waals surface area contributed by atoms with Crippen molar-refractivity contribution in [1.29, 1.82) is 0 Å². The Hall–Kier alpha value is -3.73. The Morgan fingerprint density at radius 1 is 0.786 bits per heavy atom. The van der Waals surface area contributed by atoms with E-state index in [2.05, 4.69) is 30.6 Å². The summed E-state index contributed by atoms with van der Waals surface area (Å²) >= 11 is 0. The summed E-state index contributed by atoms with van der Waals surface area (Å²) in [6.45, 7) is 0. The van der Waals surface area contributed by atoms with Gasteiger partial charge >= 0.3 is 0 Å². The number of hydrogen-bond acceptors (Lipinski definition) is 3. The molecule has 3 aromatic carbocycles. The van der Waals surface area contributed by atoms with Gasteiger partial charge in [0.2, 0.25) is 0 Å². The van der Waals surface area contributed by atoms with Crippen LogP contribution in [0.2, 0.25) is 0 Å². The number of benzene rings is 3. The maximum Gasteiger partial charge on any atom is 0.141 e. The van der Waals surface area contributed by atoms with Crippen molar-refractivity contribution in [2.45, 2.75) is 0 Å².